The third-order valence-electron chi connectivity index (χ3n) is 4.00. The summed E-state index contributed by atoms with van der Waals surface area (Å²) in [6.45, 7) is 7.85. The second kappa shape index (κ2) is 8.22. The summed E-state index contributed by atoms with van der Waals surface area (Å²) in [5.41, 5.74) is 1.19. The van der Waals surface area contributed by atoms with Gasteiger partial charge in [0.25, 0.3) is 0 Å². The van der Waals surface area contributed by atoms with E-state index in [1.807, 2.05) is 6.07 Å². The van der Waals surface area contributed by atoms with Crippen LogP contribution in [0, 0.1) is 5.92 Å². The molecule has 0 amide bonds. The molecule has 112 valence electrons. The number of rotatable bonds is 7. The first kappa shape index (κ1) is 15.3. The van der Waals surface area contributed by atoms with Crippen LogP contribution in [0.1, 0.15) is 31.7 Å². The van der Waals surface area contributed by atoms with Crippen LogP contribution in [-0.4, -0.2) is 43.2 Å². The molecule has 20 heavy (non-hydrogen) atoms. The van der Waals surface area contributed by atoms with Gasteiger partial charge >= 0.3 is 0 Å². The Labute approximate surface area is 122 Å². The molecular weight excluding hydrogens is 250 g/mol. The molecule has 1 N–H and O–H groups in total. The predicted octanol–water partition coefficient (Wildman–Crippen LogP) is 2.30. The van der Waals surface area contributed by atoms with E-state index >= 15 is 0 Å². The molecule has 0 spiro atoms. The zero-order chi connectivity index (χ0) is 14.2. The monoisotopic (exact) mass is 277 g/mol. The summed E-state index contributed by atoms with van der Waals surface area (Å²) in [5, 5.41) is 3.54. The van der Waals surface area contributed by atoms with E-state index in [2.05, 4.69) is 28.2 Å². The smallest absolute Gasteiger partial charge is 0.217 e. The minimum absolute atomic E-state index is 0.763. The topological polar surface area (TPSA) is 37.4 Å². The molecule has 0 saturated carbocycles. The highest BCUT2D eigenvalue weighted by molar-refractivity contribution is 5.25. The van der Waals surface area contributed by atoms with Crippen molar-refractivity contribution < 1.29 is 4.74 Å². The second-order valence-corrected chi connectivity index (χ2v) is 5.60. The Morgan fingerprint density at radius 1 is 1.40 bits per heavy atom. The van der Waals surface area contributed by atoms with Crippen molar-refractivity contribution in [2.45, 2.75) is 32.7 Å². The first-order valence-electron chi connectivity index (χ1n) is 7.74. The SMILES string of the molecule is CCCNCC1CCN(Cc2cccnc2OC)CC1. The molecule has 0 radical (unpaired) electrons. The van der Waals surface area contributed by atoms with Gasteiger partial charge in [-0.2, -0.15) is 0 Å². The van der Waals surface area contributed by atoms with Gasteiger partial charge in [-0.15, -0.1) is 0 Å². The minimum atomic E-state index is 0.763. The van der Waals surface area contributed by atoms with E-state index in [9.17, 15) is 0 Å². The molecular formula is C16H27N3O. The number of pyridine rings is 1. The van der Waals surface area contributed by atoms with Crippen molar-refractivity contribution in [2.75, 3.05) is 33.3 Å². The van der Waals surface area contributed by atoms with Gasteiger partial charge in [0.1, 0.15) is 0 Å². The average molecular weight is 277 g/mol. The van der Waals surface area contributed by atoms with Crippen LogP contribution in [-0.2, 0) is 6.54 Å². The number of piperidine rings is 1. The fraction of sp³-hybridized carbons (Fsp3) is 0.688. The van der Waals surface area contributed by atoms with Crippen LogP contribution in [0.2, 0.25) is 0 Å². The van der Waals surface area contributed by atoms with Gasteiger partial charge in [0, 0.05) is 18.3 Å². The van der Waals surface area contributed by atoms with Crippen LogP contribution in [0.3, 0.4) is 0 Å². The van der Waals surface area contributed by atoms with Crippen LogP contribution in [0.4, 0.5) is 0 Å². The Bertz CT molecular complexity index is 389. The molecule has 1 aliphatic heterocycles. The van der Waals surface area contributed by atoms with Crippen molar-refractivity contribution in [3.8, 4) is 5.88 Å². The highest BCUT2D eigenvalue weighted by atomic mass is 16.5. The highest BCUT2D eigenvalue weighted by Gasteiger charge is 2.19. The molecule has 0 atom stereocenters. The van der Waals surface area contributed by atoms with Gasteiger partial charge in [0.2, 0.25) is 5.88 Å². The Morgan fingerprint density at radius 3 is 2.90 bits per heavy atom. The maximum atomic E-state index is 5.33. The van der Waals surface area contributed by atoms with Gasteiger partial charge in [0.15, 0.2) is 0 Å². The van der Waals surface area contributed by atoms with Crippen LogP contribution >= 0.6 is 0 Å². The second-order valence-electron chi connectivity index (χ2n) is 5.60. The van der Waals surface area contributed by atoms with E-state index in [-0.39, 0.29) is 0 Å². The standard InChI is InChI=1S/C16H27N3O/c1-3-8-17-12-14-6-10-19(11-7-14)13-15-5-4-9-18-16(15)20-2/h4-5,9,14,17H,3,6-8,10-13H2,1-2H3. The van der Waals surface area contributed by atoms with Gasteiger partial charge in [-0.05, 0) is 57.4 Å². The molecule has 1 saturated heterocycles. The first-order valence-corrected chi connectivity index (χ1v) is 7.74. The van der Waals surface area contributed by atoms with E-state index in [0.717, 1.165) is 24.9 Å². The molecule has 0 aromatic carbocycles. The number of hydrogen-bond donors (Lipinski definition) is 1. The molecule has 0 unspecified atom stereocenters. The van der Waals surface area contributed by atoms with Crippen molar-refractivity contribution in [1.29, 1.82) is 0 Å². The summed E-state index contributed by atoms with van der Waals surface area (Å²) in [7, 11) is 1.69. The number of aromatic nitrogens is 1. The molecule has 0 bridgehead atoms. The van der Waals surface area contributed by atoms with Crippen molar-refractivity contribution in [2.24, 2.45) is 5.92 Å². The molecule has 2 rings (SSSR count). The van der Waals surface area contributed by atoms with E-state index in [1.165, 1.54) is 44.5 Å². The molecule has 0 aliphatic carbocycles. The van der Waals surface area contributed by atoms with E-state index in [0.29, 0.717) is 0 Å². The lowest BCUT2D eigenvalue weighted by Gasteiger charge is -2.32. The number of likely N-dealkylation sites (tertiary alicyclic amines) is 1. The summed E-state index contributed by atoms with van der Waals surface area (Å²) < 4.78 is 5.33. The van der Waals surface area contributed by atoms with Crippen molar-refractivity contribution in [3.63, 3.8) is 0 Å². The van der Waals surface area contributed by atoms with Gasteiger partial charge in [-0.1, -0.05) is 13.0 Å². The summed E-state index contributed by atoms with van der Waals surface area (Å²) >= 11 is 0. The number of hydrogen-bond acceptors (Lipinski definition) is 4. The molecule has 4 heteroatoms. The summed E-state index contributed by atoms with van der Waals surface area (Å²) in [6.07, 6.45) is 5.59. The number of nitrogens with one attached hydrogen (secondary N) is 1. The van der Waals surface area contributed by atoms with Gasteiger partial charge < -0.3 is 10.1 Å². The normalized spacial score (nSPS) is 17.3. The molecule has 1 aliphatic rings. The Kier molecular flexibility index (Phi) is 6.27. The van der Waals surface area contributed by atoms with Crippen molar-refractivity contribution in [1.82, 2.24) is 15.2 Å². The fourth-order valence-electron chi connectivity index (χ4n) is 2.80. The first-order chi connectivity index (χ1) is 9.83. The van der Waals surface area contributed by atoms with Crippen molar-refractivity contribution in [3.05, 3.63) is 23.9 Å². The molecule has 4 nitrogen and oxygen atoms in total. The molecule has 2 heterocycles. The van der Waals surface area contributed by atoms with Crippen molar-refractivity contribution >= 4 is 0 Å². The zero-order valence-corrected chi connectivity index (χ0v) is 12.8. The van der Waals surface area contributed by atoms with Crippen LogP contribution in [0.25, 0.3) is 0 Å². The average Bonchev–Trinajstić information content (AvgIpc) is 2.50. The Morgan fingerprint density at radius 2 is 2.20 bits per heavy atom. The lowest BCUT2D eigenvalue weighted by molar-refractivity contribution is 0.173. The van der Waals surface area contributed by atoms with Crippen LogP contribution in [0.15, 0.2) is 18.3 Å². The van der Waals surface area contributed by atoms with Gasteiger partial charge in [-0.25, -0.2) is 4.98 Å². The maximum Gasteiger partial charge on any atom is 0.217 e. The summed E-state index contributed by atoms with van der Waals surface area (Å²) in [5.74, 6) is 1.60. The Hall–Kier alpha value is -1.13. The number of methoxy groups -OCH3 is 1. The lowest BCUT2D eigenvalue weighted by Crippen LogP contribution is -2.37. The number of nitrogens with zero attached hydrogens (tertiary/aromatic N) is 2. The minimum Gasteiger partial charge on any atom is -0.481 e. The highest BCUT2D eigenvalue weighted by Crippen LogP contribution is 2.21. The number of ether oxygens (including phenoxy) is 1. The van der Waals surface area contributed by atoms with Gasteiger partial charge in [0.05, 0.1) is 7.11 Å². The maximum absolute atomic E-state index is 5.33. The third kappa shape index (κ3) is 4.46. The van der Waals surface area contributed by atoms with Gasteiger partial charge in [-0.3, -0.25) is 4.90 Å². The van der Waals surface area contributed by atoms with E-state index in [1.54, 1.807) is 13.3 Å². The van der Waals surface area contributed by atoms with Crippen LogP contribution in [0.5, 0.6) is 5.88 Å². The van der Waals surface area contributed by atoms with E-state index < -0.39 is 0 Å². The fourth-order valence-corrected chi connectivity index (χ4v) is 2.80. The Balaban J connectivity index is 1.76. The molecule has 1 fully saturated rings. The zero-order valence-electron chi connectivity index (χ0n) is 12.8. The lowest BCUT2D eigenvalue weighted by atomic mass is 9.96. The van der Waals surface area contributed by atoms with Crippen LogP contribution < -0.4 is 10.1 Å². The quantitative estimate of drug-likeness (QED) is 0.776. The summed E-state index contributed by atoms with van der Waals surface area (Å²) in [6, 6.07) is 4.10. The molecule has 1 aromatic heterocycles. The third-order valence-corrected chi connectivity index (χ3v) is 4.00. The predicted molar refractivity (Wildman–Crippen MR) is 82.0 cm³/mol. The van der Waals surface area contributed by atoms with E-state index in [4.69, 9.17) is 4.74 Å². The molecule has 1 aromatic rings. The largest absolute Gasteiger partial charge is 0.481 e. The summed E-state index contributed by atoms with van der Waals surface area (Å²) in [4.78, 5) is 6.78.